The van der Waals surface area contributed by atoms with Gasteiger partial charge in [-0.25, -0.2) is 0 Å². The van der Waals surface area contributed by atoms with Crippen molar-refractivity contribution in [2.24, 2.45) is 5.73 Å². The third kappa shape index (κ3) is 3.33. The largest absolute Gasteiger partial charge is 0.407 e. The first-order chi connectivity index (χ1) is 6.76. The monoisotopic (exact) mass is 198 g/mol. The molecule has 3 N–H and O–H groups in total. The van der Waals surface area contributed by atoms with Gasteiger partial charge in [0.2, 0.25) is 5.89 Å². The summed E-state index contributed by atoms with van der Waals surface area (Å²) < 4.78 is 5.23. The van der Waals surface area contributed by atoms with Crippen molar-refractivity contribution in [2.45, 2.75) is 45.7 Å². The van der Waals surface area contributed by atoms with Gasteiger partial charge in [-0.1, -0.05) is 24.9 Å². The van der Waals surface area contributed by atoms with Crippen molar-refractivity contribution in [3.63, 3.8) is 0 Å². The summed E-state index contributed by atoms with van der Waals surface area (Å²) in [5, 5.41) is 10.7. The first-order valence-corrected chi connectivity index (χ1v) is 5.05. The van der Waals surface area contributed by atoms with E-state index in [9.17, 15) is 0 Å². The average molecular weight is 198 g/mol. The molecule has 1 rings (SSSR count). The van der Waals surface area contributed by atoms with Crippen molar-refractivity contribution >= 4 is 6.01 Å². The fraction of sp³-hybridized carbons (Fsp3) is 0.778. The van der Waals surface area contributed by atoms with E-state index in [-0.39, 0.29) is 6.54 Å². The van der Waals surface area contributed by atoms with Crippen LogP contribution >= 0.6 is 0 Å². The number of rotatable bonds is 6. The van der Waals surface area contributed by atoms with Gasteiger partial charge in [-0.15, -0.1) is 5.10 Å². The molecule has 0 aliphatic rings. The van der Waals surface area contributed by atoms with Gasteiger partial charge in [0.15, 0.2) is 0 Å². The van der Waals surface area contributed by atoms with Crippen molar-refractivity contribution in [2.75, 3.05) is 5.32 Å². The van der Waals surface area contributed by atoms with Crippen LogP contribution in [0.15, 0.2) is 4.42 Å². The Balaban J connectivity index is 2.35. The molecule has 0 radical (unpaired) electrons. The highest BCUT2D eigenvalue weighted by molar-refractivity contribution is 5.18. The summed E-state index contributed by atoms with van der Waals surface area (Å²) in [6, 6.07) is 0.829. The van der Waals surface area contributed by atoms with E-state index in [2.05, 4.69) is 29.4 Å². The molecule has 1 aromatic rings. The van der Waals surface area contributed by atoms with E-state index in [1.807, 2.05) is 0 Å². The lowest BCUT2D eigenvalue weighted by Crippen LogP contribution is -2.14. The number of nitrogens with zero attached hydrogens (tertiary/aromatic N) is 2. The molecule has 5 nitrogen and oxygen atoms in total. The molecule has 0 spiro atoms. The molecular formula is C9H18N4O. The maximum atomic E-state index is 5.35. The van der Waals surface area contributed by atoms with Gasteiger partial charge in [-0.2, -0.15) is 0 Å². The van der Waals surface area contributed by atoms with Crippen LogP contribution in [0.25, 0.3) is 0 Å². The van der Waals surface area contributed by atoms with Gasteiger partial charge in [0, 0.05) is 6.04 Å². The summed E-state index contributed by atoms with van der Waals surface area (Å²) in [6.07, 6.45) is 3.51. The number of aromatic nitrogens is 2. The van der Waals surface area contributed by atoms with Crippen LogP contribution < -0.4 is 11.1 Å². The minimum absolute atomic E-state index is 0.290. The van der Waals surface area contributed by atoms with E-state index in [0.29, 0.717) is 17.9 Å². The number of nitrogens with one attached hydrogen (secondary N) is 1. The Hall–Kier alpha value is -1.10. The van der Waals surface area contributed by atoms with E-state index in [4.69, 9.17) is 10.2 Å². The van der Waals surface area contributed by atoms with Gasteiger partial charge in [0.1, 0.15) is 0 Å². The Morgan fingerprint density at radius 1 is 1.50 bits per heavy atom. The molecule has 14 heavy (non-hydrogen) atoms. The maximum Gasteiger partial charge on any atom is 0.315 e. The molecule has 0 aromatic carbocycles. The van der Waals surface area contributed by atoms with Gasteiger partial charge >= 0.3 is 6.01 Å². The van der Waals surface area contributed by atoms with Crippen LogP contribution in [0.3, 0.4) is 0 Å². The molecule has 1 atom stereocenters. The number of unbranched alkanes of at least 4 members (excludes halogenated alkanes) is 1. The molecule has 0 amide bonds. The van der Waals surface area contributed by atoms with E-state index in [1.54, 1.807) is 0 Å². The highest BCUT2D eigenvalue weighted by atomic mass is 16.4. The van der Waals surface area contributed by atoms with Gasteiger partial charge < -0.3 is 15.5 Å². The minimum Gasteiger partial charge on any atom is -0.407 e. The second kappa shape index (κ2) is 5.59. The van der Waals surface area contributed by atoms with Gasteiger partial charge in [-0.3, -0.25) is 0 Å². The number of hydrogen-bond acceptors (Lipinski definition) is 5. The molecule has 0 saturated carbocycles. The lowest BCUT2D eigenvalue weighted by Gasteiger charge is -2.09. The third-order valence-corrected chi connectivity index (χ3v) is 2.00. The molecule has 1 unspecified atom stereocenters. The number of nitrogens with two attached hydrogens (primary N) is 1. The Bertz CT molecular complexity index is 261. The van der Waals surface area contributed by atoms with Crippen molar-refractivity contribution in [1.29, 1.82) is 0 Å². The van der Waals surface area contributed by atoms with E-state index in [0.717, 1.165) is 6.42 Å². The van der Waals surface area contributed by atoms with Crippen molar-refractivity contribution < 1.29 is 4.42 Å². The smallest absolute Gasteiger partial charge is 0.315 e. The van der Waals surface area contributed by atoms with Gasteiger partial charge in [0.05, 0.1) is 6.54 Å². The number of hydrogen-bond donors (Lipinski definition) is 2. The van der Waals surface area contributed by atoms with Crippen molar-refractivity contribution in [3.05, 3.63) is 5.89 Å². The molecule has 0 aliphatic heterocycles. The topological polar surface area (TPSA) is 77.0 Å². The lowest BCUT2D eigenvalue weighted by molar-refractivity contribution is 0.498. The van der Waals surface area contributed by atoms with Crippen molar-refractivity contribution in [3.8, 4) is 0 Å². The van der Waals surface area contributed by atoms with E-state index >= 15 is 0 Å². The average Bonchev–Trinajstić information content (AvgIpc) is 2.62. The SMILES string of the molecule is CCCCC(C)Nc1nnc(CN)o1. The molecule has 0 aliphatic carbocycles. The molecule has 80 valence electrons. The zero-order valence-electron chi connectivity index (χ0n) is 8.79. The van der Waals surface area contributed by atoms with E-state index < -0.39 is 0 Å². The molecule has 0 bridgehead atoms. The Morgan fingerprint density at radius 3 is 2.86 bits per heavy atom. The summed E-state index contributed by atoms with van der Waals surface area (Å²) in [5.41, 5.74) is 5.35. The fourth-order valence-electron chi connectivity index (χ4n) is 1.19. The van der Waals surface area contributed by atoms with Gasteiger partial charge in [-0.05, 0) is 13.3 Å². The van der Waals surface area contributed by atoms with Crippen LogP contribution in [0.5, 0.6) is 0 Å². The molecule has 5 heteroatoms. The summed E-state index contributed by atoms with van der Waals surface area (Å²) >= 11 is 0. The maximum absolute atomic E-state index is 5.35. The Kier molecular flexibility index (Phi) is 4.39. The molecule has 0 fully saturated rings. The Morgan fingerprint density at radius 2 is 2.29 bits per heavy atom. The van der Waals surface area contributed by atoms with Crippen LogP contribution in [0.2, 0.25) is 0 Å². The summed E-state index contributed by atoms with van der Waals surface area (Å²) in [7, 11) is 0. The minimum atomic E-state index is 0.290. The second-order valence-electron chi connectivity index (χ2n) is 3.39. The zero-order valence-corrected chi connectivity index (χ0v) is 8.79. The highest BCUT2D eigenvalue weighted by Gasteiger charge is 2.07. The summed E-state index contributed by atoms with van der Waals surface area (Å²) in [5.74, 6) is 0.468. The van der Waals surface area contributed by atoms with Crippen LogP contribution in [-0.2, 0) is 6.54 Å². The first kappa shape index (κ1) is 11.0. The van der Waals surface area contributed by atoms with Gasteiger partial charge in [0.25, 0.3) is 0 Å². The molecule has 1 aromatic heterocycles. The predicted octanol–water partition coefficient (Wildman–Crippen LogP) is 1.52. The lowest BCUT2D eigenvalue weighted by atomic mass is 10.1. The highest BCUT2D eigenvalue weighted by Crippen LogP contribution is 2.09. The molecular weight excluding hydrogens is 180 g/mol. The van der Waals surface area contributed by atoms with Crippen LogP contribution in [0, 0.1) is 0 Å². The molecule has 1 heterocycles. The first-order valence-electron chi connectivity index (χ1n) is 5.05. The molecule has 0 saturated heterocycles. The third-order valence-electron chi connectivity index (χ3n) is 2.00. The summed E-state index contributed by atoms with van der Waals surface area (Å²) in [4.78, 5) is 0. The van der Waals surface area contributed by atoms with E-state index in [1.165, 1.54) is 12.8 Å². The summed E-state index contributed by atoms with van der Waals surface area (Å²) in [6.45, 7) is 4.56. The Labute approximate surface area is 84.1 Å². The number of anilines is 1. The predicted molar refractivity (Wildman–Crippen MR) is 54.8 cm³/mol. The zero-order chi connectivity index (χ0) is 10.4. The van der Waals surface area contributed by atoms with Crippen LogP contribution in [0.4, 0.5) is 6.01 Å². The van der Waals surface area contributed by atoms with Crippen LogP contribution in [-0.4, -0.2) is 16.2 Å². The quantitative estimate of drug-likeness (QED) is 0.724. The van der Waals surface area contributed by atoms with Crippen LogP contribution in [0.1, 0.15) is 39.0 Å². The standard InChI is InChI=1S/C9H18N4O/c1-3-4-5-7(2)11-9-13-12-8(6-10)14-9/h7H,3-6,10H2,1-2H3,(H,11,13). The normalized spacial score (nSPS) is 12.8. The fourth-order valence-corrected chi connectivity index (χ4v) is 1.19. The second-order valence-corrected chi connectivity index (χ2v) is 3.39. The van der Waals surface area contributed by atoms with Crippen molar-refractivity contribution in [1.82, 2.24) is 10.2 Å².